The highest BCUT2D eigenvalue weighted by Gasteiger charge is 2.27. The van der Waals surface area contributed by atoms with Crippen molar-refractivity contribution in [3.05, 3.63) is 29.8 Å². The molecule has 0 radical (unpaired) electrons. The molecule has 0 saturated carbocycles. The first-order valence-electron chi connectivity index (χ1n) is 8.75. The third-order valence-electron chi connectivity index (χ3n) is 4.90. The summed E-state index contributed by atoms with van der Waals surface area (Å²) in [5, 5.41) is 3.81. The van der Waals surface area contributed by atoms with Crippen LogP contribution in [0, 0.1) is 5.92 Å². The topological polar surface area (TPSA) is 21.3 Å². The van der Waals surface area contributed by atoms with E-state index in [2.05, 4.69) is 50.4 Å². The predicted octanol–water partition coefficient (Wildman–Crippen LogP) is 4.75. The minimum absolute atomic E-state index is 0.635. The monoisotopic (exact) mass is 289 g/mol. The van der Waals surface area contributed by atoms with Crippen LogP contribution in [0.2, 0.25) is 0 Å². The van der Waals surface area contributed by atoms with E-state index >= 15 is 0 Å². The molecule has 1 heterocycles. The summed E-state index contributed by atoms with van der Waals surface area (Å²) >= 11 is 0. The lowest BCUT2D eigenvalue weighted by Gasteiger charge is -2.33. The molecule has 0 spiro atoms. The molecule has 0 aliphatic carbocycles. The quantitative estimate of drug-likeness (QED) is 0.746. The molecule has 1 aromatic carbocycles. The molecular formula is C19H31NO. The van der Waals surface area contributed by atoms with Gasteiger partial charge in [-0.2, -0.15) is 0 Å². The minimum Gasteiger partial charge on any atom is -0.493 e. The Bertz CT molecular complexity index is 414. The smallest absolute Gasteiger partial charge is 0.122 e. The van der Waals surface area contributed by atoms with Crippen molar-refractivity contribution in [2.75, 3.05) is 13.2 Å². The summed E-state index contributed by atoms with van der Waals surface area (Å²) in [6, 6.07) is 9.23. The molecule has 2 atom stereocenters. The zero-order valence-electron chi connectivity index (χ0n) is 13.9. The van der Waals surface area contributed by atoms with Gasteiger partial charge in [0, 0.05) is 6.04 Å². The summed E-state index contributed by atoms with van der Waals surface area (Å²) in [5.41, 5.74) is 1.41. The second kappa shape index (κ2) is 8.43. The van der Waals surface area contributed by atoms with Gasteiger partial charge in [0.1, 0.15) is 5.75 Å². The molecule has 1 aromatic rings. The van der Waals surface area contributed by atoms with Gasteiger partial charge < -0.3 is 10.1 Å². The van der Waals surface area contributed by atoms with Gasteiger partial charge in [0.2, 0.25) is 0 Å². The van der Waals surface area contributed by atoms with Crippen molar-refractivity contribution in [2.24, 2.45) is 5.92 Å². The van der Waals surface area contributed by atoms with Gasteiger partial charge in [-0.15, -0.1) is 0 Å². The maximum absolute atomic E-state index is 5.81. The van der Waals surface area contributed by atoms with Gasteiger partial charge in [-0.25, -0.2) is 0 Å². The number of ether oxygens (including phenoxy) is 1. The summed E-state index contributed by atoms with van der Waals surface area (Å²) in [6.07, 6.45) is 6.14. The molecule has 0 bridgehead atoms. The van der Waals surface area contributed by atoms with Gasteiger partial charge >= 0.3 is 0 Å². The third kappa shape index (κ3) is 4.23. The van der Waals surface area contributed by atoms with Gasteiger partial charge in [-0.05, 0) is 49.3 Å². The van der Waals surface area contributed by atoms with Gasteiger partial charge in [-0.3, -0.25) is 0 Å². The molecule has 2 unspecified atom stereocenters. The van der Waals surface area contributed by atoms with Crippen LogP contribution in [0.3, 0.4) is 0 Å². The van der Waals surface area contributed by atoms with Gasteiger partial charge in [0.25, 0.3) is 0 Å². The zero-order valence-corrected chi connectivity index (χ0v) is 13.9. The lowest BCUT2D eigenvalue weighted by molar-refractivity contribution is 0.236. The molecule has 21 heavy (non-hydrogen) atoms. The van der Waals surface area contributed by atoms with E-state index < -0.39 is 0 Å². The molecule has 0 amide bonds. The Kier molecular flexibility index (Phi) is 6.56. The molecule has 2 nitrogen and oxygen atoms in total. The maximum Gasteiger partial charge on any atom is 0.122 e. The van der Waals surface area contributed by atoms with E-state index in [-0.39, 0.29) is 0 Å². The highest BCUT2D eigenvalue weighted by atomic mass is 16.5. The van der Waals surface area contributed by atoms with Crippen LogP contribution in [-0.4, -0.2) is 19.2 Å². The lowest BCUT2D eigenvalue weighted by atomic mass is 9.82. The van der Waals surface area contributed by atoms with Crippen LogP contribution >= 0.6 is 0 Å². The van der Waals surface area contributed by atoms with Crippen molar-refractivity contribution in [1.82, 2.24) is 5.32 Å². The van der Waals surface area contributed by atoms with E-state index in [9.17, 15) is 0 Å². The van der Waals surface area contributed by atoms with E-state index in [1.54, 1.807) is 0 Å². The van der Waals surface area contributed by atoms with Crippen molar-refractivity contribution in [3.63, 3.8) is 0 Å². The Morgan fingerprint density at radius 2 is 1.95 bits per heavy atom. The first-order chi connectivity index (χ1) is 10.3. The van der Waals surface area contributed by atoms with Gasteiger partial charge in [-0.1, -0.05) is 51.8 Å². The SMILES string of the molecule is CCCNC(CC1CCOc2ccccc21)C(CC)CC. The molecule has 0 saturated heterocycles. The first-order valence-corrected chi connectivity index (χ1v) is 8.75. The molecule has 1 aliphatic rings. The molecule has 118 valence electrons. The van der Waals surface area contributed by atoms with E-state index in [4.69, 9.17) is 4.74 Å². The summed E-state index contributed by atoms with van der Waals surface area (Å²) in [4.78, 5) is 0. The van der Waals surface area contributed by atoms with Crippen LogP contribution in [0.25, 0.3) is 0 Å². The van der Waals surface area contributed by atoms with Crippen molar-refractivity contribution in [3.8, 4) is 5.75 Å². The van der Waals surface area contributed by atoms with Crippen LogP contribution in [0.5, 0.6) is 5.75 Å². The lowest BCUT2D eigenvalue weighted by Crippen LogP contribution is -2.38. The van der Waals surface area contributed by atoms with E-state index in [1.807, 2.05) is 0 Å². The summed E-state index contributed by atoms with van der Waals surface area (Å²) in [6.45, 7) is 8.90. The second-order valence-electron chi connectivity index (χ2n) is 6.24. The van der Waals surface area contributed by atoms with Crippen LogP contribution in [0.1, 0.15) is 64.4 Å². The average Bonchev–Trinajstić information content (AvgIpc) is 2.53. The van der Waals surface area contributed by atoms with Gasteiger partial charge in [0.15, 0.2) is 0 Å². The minimum atomic E-state index is 0.635. The summed E-state index contributed by atoms with van der Waals surface area (Å²) in [5.74, 6) is 2.53. The fraction of sp³-hybridized carbons (Fsp3) is 0.684. The van der Waals surface area contributed by atoms with E-state index in [0.29, 0.717) is 12.0 Å². The zero-order chi connectivity index (χ0) is 15.1. The van der Waals surface area contributed by atoms with Crippen molar-refractivity contribution in [1.29, 1.82) is 0 Å². The molecule has 2 rings (SSSR count). The third-order valence-corrected chi connectivity index (χ3v) is 4.90. The molecular weight excluding hydrogens is 258 g/mol. The summed E-state index contributed by atoms with van der Waals surface area (Å²) < 4.78 is 5.81. The van der Waals surface area contributed by atoms with Crippen LogP contribution < -0.4 is 10.1 Å². The number of benzene rings is 1. The summed E-state index contributed by atoms with van der Waals surface area (Å²) in [7, 11) is 0. The number of para-hydroxylation sites is 1. The predicted molar refractivity (Wildman–Crippen MR) is 90.1 cm³/mol. The number of hydrogen-bond acceptors (Lipinski definition) is 2. The van der Waals surface area contributed by atoms with Gasteiger partial charge in [0.05, 0.1) is 6.61 Å². The number of hydrogen-bond donors (Lipinski definition) is 1. The normalized spacial score (nSPS) is 19.1. The molecule has 1 N–H and O–H groups in total. The molecule has 0 aromatic heterocycles. The van der Waals surface area contributed by atoms with Crippen LogP contribution in [-0.2, 0) is 0 Å². The Labute approximate surface area is 130 Å². The van der Waals surface area contributed by atoms with E-state index in [1.165, 1.54) is 31.2 Å². The van der Waals surface area contributed by atoms with Crippen LogP contribution in [0.4, 0.5) is 0 Å². The highest BCUT2D eigenvalue weighted by molar-refractivity contribution is 5.37. The standard InChI is InChI=1S/C19H31NO/c1-4-12-20-18(15(5-2)6-3)14-16-11-13-21-19-10-8-7-9-17(16)19/h7-10,15-16,18,20H,4-6,11-14H2,1-3H3. The number of rotatable bonds is 8. The average molecular weight is 289 g/mol. The maximum atomic E-state index is 5.81. The van der Waals surface area contributed by atoms with Crippen LogP contribution in [0.15, 0.2) is 24.3 Å². The second-order valence-corrected chi connectivity index (χ2v) is 6.24. The largest absolute Gasteiger partial charge is 0.493 e. The highest BCUT2D eigenvalue weighted by Crippen LogP contribution is 2.37. The van der Waals surface area contributed by atoms with Crippen molar-refractivity contribution < 1.29 is 4.74 Å². The van der Waals surface area contributed by atoms with Crippen molar-refractivity contribution >= 4 is 0 Å². The molecule has 0 fully saturated rings. The fourth-order valence-electron chi connectivity index (χ4n) is 3.60. The van der Waals surface area contributed by atoms with E-state index in [0.717, 1.165) is 31.2 Å². The first kappa shape index (κ1) is 16.4. The Hall–Kier alpha value is -1.02. The Morgan fingerprint density at radius 1 is 1.19 bits per heavy atom. The Morgan fingerprint density at radius 3 is 2.67 bits per heavy atom. The molecule has 2 heteroatoms. The molecule has 1 aliphatic heterocycles. The number of fused-ring (bicyclic) bond motifs is 1. The Balaban J connectivity index is 2.09. The fourth-order valence-corrected chi connectivity index (χ4v) is 3.60. The number of nitrogens with one attached hydrogen (secondary N) is 1. The van der Waals surface area contributed by atoms with Crippen molar-refractivity contribution in [2.45, 2.75) is 64.8 Å².